The summed E-state index contributed by atoms with van der Waals surface area (Å²) < 4.78 is 11.9. The summed E-state index contributed by atoms with van der Waals surface area (Å²) in [4.78, 5) is 0. The molecule has 1 aliphatic carbocycles. The van der Waals surface area contributed by atoms with Crippen LogP contribution >= 0.6 is 0 Å². The van der Waals surface area contributed by atoms with Crippen LogP contribution in [0.4, 0.5) is 0 Å². The van der Waals surface area contributed by atoms with E-state index in [9.17, 15) is 0 Å². The number of hydrogen-bond donors (Lipinski definition) is 0. The van der Waals surface area contributed by atoms with Crippen LogP contribution in [0.3, 0.4) is 0 Å². The predicted molar refractivity (Wildman–Crippen MR) is 94.8 cm³/mol. The first kappa shape index (κ1) is 17.0. The fourth-order valence-electron chi connectivity index (χ4n) is 4.51. The van der Waals surface area contributed by atoms with Crippen molar-refractivity contribution in [1.29, 1.82) is 0 Å². The molecule has 3 rings (SSSR count). The lowest BCUT2D eigenvalue weighted by molar-refractivity contribution is -0.191. The van der Waals surface area contributed by atoms with Crippen LogP contribution < -0.4 is 0 Å². The second-order valence-corrected chi connectivity index (χ2v) is 8.72. The highest BCUT2D eigenvalue weighted by Gasteiger charge is 2.51. The average Bonchev–Trinajstić information content (AvgIpc) is 2.95. The summed E-state index contributed by atoms with van der Waals surface area (Å²) in [5.74, 6) is 0.285. The second kappa shape index (κ2) is 5.89. The molecule has 2 nitrogen and oxygen atoms in total. The van der Waals surface area contributed by atoms with Crippen molar-refractivity contribution in [2.45, 2.75) is 77.4 Å². The van der Waals surface area contributed by atoms with Crippen molar-refractivity contribution in [3.05, 3.63) is 35.4 Å². The fourth-order valence-corrected chi connectivity index (χ4v) is 4.51. The van der Waals surface area contributed by atoms with Crippen LogP contribution in [0.1, 0.15) is 77.3 Å². The Kier molecular flexibility index (Phi) is 4.35. The van der Waals surface area contributed by atoms with Gasteiger partial charge in [0.15, 0.2) is 5.79 Å². The van der Waals surface area contributed by atoms with E-state index in [2.05, 4.69) is 58.9 Å². The SMILES string of the molecule is CC(C)c1cccc(C2(C(C)(C)C)CCC3(CC2)OCCO3)c1. The second-order valence-electron chi connectivity index (χ2n) is 8.72. The zero-order valence-electron chi connectivity index (χ0n) is 15.4. The molecule has 0 bridgehead atoms. The van der Waals surface area contributed by atoms with Crippen LogP contribution in [0, 0.1) is 5.41 Å². The first-order valence-electron chi connectivity index (χ1n) is 9.16. The third-order valence-electron chi connectivity index (χ3n) is 6.22. The topological polar surface area (TPSA) is 18.5 Å². The molecule has 1 aliphatic heterocycles. The van der Waals surface area contributed by atoms with Gasteiger partial charge in [-0.3, -0.25) is 0 Å². The van der Waals surface area contributed by atoms with Gasteiger partial charge in [0, 0.05) is 18.3 Å². The van der Waals surface area contributed by atoms with Gasteiger partial charge in [-0.2, -0.15) is 0 Å². The highest BCUT2D eigenvalue weighted by Crippen LogP contribution is 2.55. The molecule has 1 aromatic carbocycles. The largest absolute Gasteiger partial charge is 0.348 e. The molecule has 0 N–H and O–H groups in total. The Hall–Kier alpha value is -0.860. The summed E-state index contributed by atoms with van der Waals surface area (Å²) >= 11 is 0. The molecule has 2 fully saturated rings. The van der Waals surface area contributed by atoms with E-state index in [4.69, 9.17) is 9.47 Å². The lowest BCUT2D eigenvalue weighted by Crippen LogP contribution is -2.48. The molecule has 0 aromatic heterocycles. The molecule has 1 aromatic rings. The zero-order valence-corrected chi connectivity index (χ0v) is 15.4. The molecule has 1 heterocycles. The summed E-state index contributed by atoms with van der Waals surface area (Å²) in [6, 6.07) is 9.29. The van der Waals surface area contributed by atoms with E-state index in [-0.39, 0.29) is 16.6 Å². The highest BCUT2D eigenvalue weighted by atomic mass is 16.7. The Balaban J connectivity index is 1.95. The summed E-state index contributed by atoms with van der Waals surface area (Å²) in [6.07, 6.45) is 4.29. The lowest BCUT2D eigenvalue weighted by atomic mass is 9.55. The van der Waals surface area contributed by atoms with Gasteiger partial charge in [-0.1, -0.05) is 58.9 Å². The molecule has 0 amide bonds. The van der Waals surface area contributed by atoms with Crippen molar-refractivity contribution < 1.29 is 9.47 Å². The summed E-state index contributed by atoms with van der Waals surface area (Å²) in [5.41, 5.74) is 3.38. The minimum atomic E-state index is -0.287. The van der Waals surface area contributed by atoms with Crippen molar-refractivity contribution >= 4 is 0 Å². The maximum atomic E-state index is 5.96. The van der Waals surface area contributed by atoms with Crippen LogP contribution in [0.2, 0.25) is 0 Å². The van der Waals surface area contributed by atoms with Gasteiger partial charge in [0.05, 0.1) is 13.2 Å². The van der Waals surface area contributed by atoms with Crippen LogP contribution in [-0.4, -0.2) is 19.0 Å². The zero-order chi connectivity index (χ0) is 16.7. The number of ether oxygens (including phenoxy) is 2. The molecule has 1 spiro atoms. The molecule has 0 atom stereocenters. The van der Waals surface area contributed by atoms with E-state index >= 15 is 0 Å². The molecule has 2 heteroatoms. The molecule has 128 valence electrons. The molecular weight excluding hydrogens is 284 g/mol. The maximum Gasteiger partial charge on any atom is 0.168 e. The predicted octanol–water partition coefficient (Wildman–Crippen LogP) is 5.41. The van der Waals surface area contributed by atoms with E-state index in [1.54, 1.807) is 0 Å². The van der Waals surface area contributed by atoms with Crippen molar-refractivity contribution in [2.24, 2.45) is 5.41 Å². The minimum Gasteiger partial charge on any atom is -0.348 e. The standard InChI is InChI=1S/C21H32O2/c1-16(2)17-7-6-8-18(15-17)20(19(3,4)5)9-11-21(12-10-20)22-13-14-23-21/h6-8,15-16H,9-14H2,1-5H3. The van der Waals surface area contributed by atoms with Gasteiger partial charge in [-0.15, -0.1) is 0 Å². The van der Waals surface area contributed by atoms with Gasteiger partial charge >= 0.3 is 0 Å². The van der Waals surface area contributed by atoms with Crippen molar-refractivity contribution in [1.82, 2.24) is 0 Å². The average molecular weight is 316 g/mol. The smallest absolute Gasteiger partial charge is 0.168 e. The van der Waals surface area contributed by atoms with Crippen LogP contribution in [0.5, 0.6) is 0 Å². The van der Waals surface area contributed by atoms with Crippen molar-refractivity contribution in [3.63, 3.8) is 0 Å². The van der Waals surface area contributed by atoms with E-state index in [1.807, 2.05) is 0 Å². The van der Waals surface area contributed by atoms with E-state index in [1.165, 1.54) is 11.1 Å². The number of benzene rings is 1. The van der Waals surface area contributed by atoms with Crippen LogP contribution in [0.25, 0.3) is 0 Å². The molecule has 1 saturated carbocycles. The monoisotopic (exact) mass is 316 g/mol. The molecule has 1 saturated heterocycles. The fraction of sp³-hybridized carbons (Fsp3) is 0.714. The van der Waals surface area contributed by atoms with Crippen LogP contribution in [-0.2, 0) is 14.9 Å². The van der Waals surface area contributed by atoms with E-state index < -0.39 is 0 Å². The van der Waals surface area contributed by atoms with Gasteiger partial charge < -0.3 is 9.47 Å². The number of hydrogen-bond acceptors (Lipinski definition) is 2. The van der Waals surface area contributed by atoms with E-state index in [0.717, 1.165) is 38.9 Å². The lowest BCUT2D eigenvalue weighted by Gasteiger charge is -2.51. The van der Waals surface area contributed by atoms with Crippen molar-refractivity contribution in [2.75, 3.05) is 13.2 Å². The van der Waals surface area contributed by atoms with Gasteiger partial charge in [0.25, 0.3) is 0 Å². The third-order valence-corrected chi connectivity index (χ3v) is 6.22. The Morgan fingerprint density at radius 3 is 2.09 bits per heavy atom. The van der Waals surface area contributed by atoms with E-state index in [0.29, 0.717) is 5.92 Å². The number of rotatable bonds is 2. The summed E-state index contributed by atoms with van der Waals surface area (Å²) in [6.45, 7) is 13.2. The molecule has 23 heavy (non-hydrogen) atoms. The quantitative estimate of drug-likeness (QED) is 0.726. The Bertz CT molecular complexity index is 537. The molecular formula is C21H32O2. The van der Waals surface area contributed by atoms with Crippen molar-refractivity contribution in [3.8, 4) is 0 Å². The molecule has 2 aliphatic rings. The van der Waals surface area contributed by atoms with Gasteiger partial charge in [0.1, 0.15) is 0 Å². The highest BCUT2D eigenvalue weighted by molar-refractivity contribution is 5.34. The first-order valence-corrected chi connectivity index (χ1v) is 9.16. The summed E-state index contributed by atoms with van der Waals surface area (Å²) in [7, 11) is 0. The Labute approximate surface area is 141 Å². The van der Waals surface area contributed by atoms with Gasteiger partial charge in [-0.05, 0) is 35.3 Å². The normalized spacial score (nSPS) is 23.6. The summed E-state index contributed by atoms with van der Waals surface area (Å²) in [5, 5.41) is 0. The third kappa shape index (κ3) is 2.96. The Morgan fingerprint density at radius 1 is 0.957 bits per heavy atom. The first-order chi connectivity index (χ1) is 10.8. The molecule has 0 radical (unpaired) electrons. The Morgan fingerprint density at radius 2 is 1.57 bits per heavy atom. The molecule has 0 unspecified atom stereocenters. The maximum absolute atomic E-state index is 5.96. The minimum absolute atomic E-state index is 0.207. The van der Waals surface area contributed by atoms with Gasteiger partial charge in [0.2, 0.25) is 0 Å². The van der Waals surface area contributed by atoms with Gasteiger partial charge in [-0.25, -0.2) is 0 Å². The van der Waals surface area contributed by atoms with Crippen LogP contribution in [0.15, 0.2) is 24.3 Å².